The van der Waals surface area contributed by atoms with E-state index in [1.807, 2.05) is 13.8 Å². The van der Waals surface area contributed by atoms with Gasteiger partial charge < -0.3 is 31.4 Å². The minimum Gasteiger partial charge on any atom is -0.793 e. The molecule has 0 aliphatic rings. The van der Waals surface area contributed by atoms with Gasteiger partial charge in [-0.15, -0.1) is 0 Å². The van der Waals surface area contributed by atoms with E-state index in [2.05, 4.69) is 216 Å². The third-order valence-electron chi connectivity index (χ3n) is 10.8. The van der Waals surface area contributed by atoms with Crippen molar-refractivity contribution in [2.24, 2.45) is 0 Å². The van der Waals surface area contributed by atoms with E-state index in [9.17, 15) is 0 Å². The van der Waals surface area contributed by atoms with Crippen LogP contribution in [0.1, 0.15) is 69.5 Å². The zero-order valence-corrected chi connectivity index (χ0v) is 38.5. The molecule has 0 amide bonds. The Kier molecular flexibility index (Phi) is 26.8. The molecule has 0 heterocycles. The molecular weight excluding hydrogens is 777 g/mol. The molecule has 54 heavy (non-hydrogen) atoms. The molecule has 6 rings (SSSR count). The van der Waals surface area contributed by atoms with Gasteiger partial charge in [-0.05, 0) is 0 Å². The van der Waals surface area contributed by atoms with Crippen molar-refractivity contribution in [3.8, 4) is 0 Å². The van der Waals surface area contributed by atoms with E-state index in [1.54, 1.807) is 0 Å². The molecule has 0 aromatic heterocycles. The van der Waals surface area contributed by atoms with Gasteiger partial charge in [0, 0.05) is 34.1 Å². The Morgan fingerprint density at radius 1 is 0.389 bits per heavy atom. The Bertz CT molecular complexity index is 1480. The fourth-order valence-corrected chi connectivity index (χ4v) is 6.93. The molecule has 0 unspecified atom stereocenters. The van der Waals surface area contributed by atoms with Crippen LogP contribution in [0.4, 0.5) is 0 Å². The number of benzene rings is 4. The van der Waals surface area contributed by atoms with Crippen LogP contribution in [-0.4, -0.2) is 17.7 Å². The van der Waals surface area contributed by atoms with E-state index < -0.39 is 6.15 Å². The minimum atomic E-state index is -1.22. The summed E-state index contributed by atoms with van der Waals surface area (Å²) in [5, 5.41) is 0. The molecular formula is C48H62BFe2NS2-6. The molecule has 0 aliphatic heterocycles. The summed E-state index contributed by atoms with van der Waals surface area (Å²) in [5.74, 6) is 1.67. The molecule has 0 atom stereocenters. The summed E-state index contributed by atoms with van der Waals surface area (Å²) in [6.45, 7) is 25.9. The van der Waals surface area contributed by atoms with Crippen LogP contribution in [0.25, 0.3) is 6.15 Å². The molecule has 0 aliphatic carbocycles. The van der Waals surface area contributed by atoms with E-state index >= 15 is 0 Å². The second kappa shape index (κ2) is 27.0. The Morgan fingerprint density at radius 3 is 0.648 bits per heavy atom. The summed E-state index contributed by atoms with van der Waals surface area (Å²) in [7, 11) is 0. The van der Waals surface area contributed by atoms with E-state index in [0.29, 0.717) is 0 Å². The van der Waals surface area contributed by atoms with Crippen LogP contribution in [0.15, 0.2) is 121 Å². The average Bonchev–Trinajstić information content (AvgIpc) is 3.44. The van der Waals surface area contributed by atoms with Gasteiger partial charge in [-0.2, -0.15) is 89.0 Å². The van der Waals surface area contributed by atoms with Gasteiger partial charge in [0.25, 0.3) is 0 Å². The van der Waals surface area contributed by atoms with Crippen LogP contribution in [0.2, 0.25) is 0 Å². The second-order valence-corrected chi connectivity index (χ2v) is 14.5. The number of hydrogen-bond acceptors (Lipinski definition) is 2. The first kappa shape index (κ1) is 53.4. The van der Waals surface area contributed by atoms with Crippen molar-refractivity contribution < 1.29 is 34.1 Å². The summed E-state index contributed by atoms with van der Waals surface area (Å²) in [5.41, 5.74) is 20.0. The van der Waals surface area contributed by atoms with Crippen LogP contribution in [-0.2, 0) is 59.4 Å². The van der Waals surface area contributed by atoms with Crippen LogP contribution in [0.3, 0.4) is 0 Å². The standard InChI is InChI=1S/C24H20B.2C10H15.2C2H6S.2Fe.H2N/c1-5-13-21(14-6-1)25(22-15-7-2-8-16-22,23-17-9-3-10-18-23)24-19-11-4-12-20-24;2*1-6-7(2)9(4)10(5)8(6)3;2*1-2-3;;;/h1-20H;2*1-5H3;2*3H,2H2,1H3;;;1H2/q3*-1;;;;;-1/p-2. The normalized spacial score (nSPS) is 9.74. The van der Waals surface area contributed by atoms with Crippen molar-refractivity contribution in [1.29, 1.82) is 0 Å². The summed E-state index contributed by atoms with van der Waals surface area (Å²) in [6.07, 6.45) is -1.22. The third-order valence-corrected chi connectivity index (χ3v) is 10.8. The Balaban J connectivity index is 0. The van der Waals surface area contributed by atoms with Crippen molar-refractivity contribution in [2.75, 3.05) is 11.5 Å². The van der Waals surface area contributed by atoms with E-state index in [4.69, 9.17) is 0 Å². The maximum atomic E-state index is 4.39. The molecule has 296 valence electrons. The maximum Gasteiger partial charge on any atom is 0.108 e. The van der Waals surface area contributed by atoms with Gasteiger partial charge in [-0.1, -0.05) is 204 Å². The van der Waals surface area contributed by atoms with Gasteiger partial charge in [0.2, 0.25) is 0 Å². The molecule has 6 aromatic rings. The van der Waals surface area contributed by atoms with Crippen molar-refractivity contribution in [1.82, 2.24) is 0 Å². The monoisotopic (exact) mass is 839 g/mol. The Labute approximate surface area is 362 Å². The molecule has 0 saturated heterocycles. The van der Waals surface area contributed by atoms with Crippen molar-refractivity contribution >= 4 is 53.3 Å². The predicted octanol–water partition coefficient (Wildman–Crippen LogP) is 10.8. The fourth-order valence-electron chi connectivity index (χ4n) is 6.93. The summed E-state index contributed by atoms with van der Waals surface area (Å²) < 4.78 is 0. The van der Waals surface area contributed by atoms with E-state index in [-0.39, 0.29) is 40.3 Å². The van der Waals surface area contributed by atoms with Gasteiger partial charge in [0.15, 0.2) is 0 Å². The maximum absolute atomic E-state index is 4.39. The van der Waals surface area contributed by atoms with Gasteiger partial charge in [0.1, 0.15) is 6.15 Å². The number of rotatable bonds is 4. The first-order chi connectivity index (χ1) is 24.4. The average molecular weight is 840 g/mol. The largest absolute Gasteiger partial charge is 0.793 e. The van der Waals surface area contributed by atoms with Gasteiger partial charge in [-0.3, -0.25) is 0 Å². The van der Waals surface area contributed by atoms with E-state index in [1.165, 1.54) is 77.5 Å². The Morgan fingerprint density at radius 2 is 0.537 bits per heavy atom. The predicted molar refractivity (Wildman–Crippen MR) is 243 cm³/mol. The molecule has 1 nitrogen and oxygen atoms in total. The first-order valence-electron chi connectivity index (χ1n) is 18.3. The van der Waals surface area contributed by atoms with Crippen LogP contribution >= 0.6 is 0 Å². The minimum absolute atomic E-state index is 0. The summed E-state index contributed by atoms with van der Waals surface area (Å²) in [6, 6.07) is 43.5. The Hall–Kier alpha value is -2.66. The quantitative estimate of drug-likeness (QED) is 0.101. The van der Waals surface area contributed by atoms with Crippen molar-refractivity contribution in [3.05, 3.63) is 183 Å². The van der Waals surface area contributed by atoms with Crippen LogP contribution < -0.4 is 21.9 Å². The molecule has 0 bridgehead atoms. The van der Waals surface area contributed by atoms with Crippen molar-refractivity contribution in [3.63, 3.8) is 0 Å². The second-order valence-electron chi connectivity index (χ2n) is 13.3. The summed E-state index contributed by atoms with van der Waals surface area (Å²) >= 11 is 8.79. The number of hydrogen-bond donors (Lipinski definition) is 0. The van der Waals surface area contributed by atoms with E-state index in [0.717, 1.165) is 11.5 Å². The van der Waals surface area contributed by atoms with Gasteiger partial charge in [0.05, 0.1) is 0 Å². The molecule has 6 aromatic carbocycles. The first-order valence-corrected chi connectivity index (χ1v) is 19.4. The third kappa shape index (κ3) is 13.2. The summed E-state index contributed by atoms with van der Waals surface area (Å²) in [4.78, 5) is 0. The molecule has 0 fully saturated rings. The molecule has 6 heteroatoms. The van der Waals surface area contributed by atoms with Crippen molar-refractivity contribution in [2.45, 2.75) is 83.1 Å². The number of nitrogens with two attached hydrogens (primary N) is 1. The molecule has 0 spiro atoms. The zero-order valence-electron chi connectivity index (χ0n) is 34.6. The fraction of sp³-hybridized carbons (Fsp3) is 0.292. The van der Waals surface area contributed by atoms with Gasteiger partial charge in [-0.25, -0.2) is 0 Å². The van der Waals surface area contributed by atoms with Crippen LogP contribution in [0.5, 0.6) is 0 Å². The van der Waals surface area contributed by atoms with Gasteiger partial charge >= 0.3 is 0 Å². The smallest absolute Gasteiger partial charge is 0.108 e. The zero-order chi connectivity index (χ0) is 38.1. The van der Waals surface area contributed by atoms with Crippen LogP contribution in [0, 0.1) is 69.2 Å². The topological polar surface area (TPSA) is 33.5 Å². The molecule has 2 N–H and O–H groups in total. The molecule has 0 saturated carbocycles. The SMILES string of the molecule is CC[S-].CC[S-].Cc1c(C)c(C)[c-](C)c1C.Cc1c(C)c(C)[c-](C)c1C.[Fe].[Fe].[NH2-].c1ccc([B-](c2ccccc2)(c2ccccc2)c2ccccc2)cc1. The molecule has 0 radical (unpaired) electrons.